The lowest BCUT2D eigenvalue weighted by molar-refractivity contribution is -0.140. The largest absolute Gasteiger partial charge is 0.358 e. The van der Waals surface area contributed by atoms with E-state index in [0.717, 1.165) is 38.8 Å². The summed E-state index contributed by atoms with van der Waals surface area (Å²) < 4.78 is 0. The van der Waals surface area contributed by atoms with Crippen LogP contribution in [0.15, 0.2) is 0 Å². The minimum Gasteiger partial charge on any atom is -0.358 e. The Morgan fingerprint density at radius 1 is 1.26 bits per heavy atom. The molecule has 5 heteroatoms. The highest BCUT2D eigenvalue weighted by atomic mass is 16.2. The molecular weight excluding hydrogens is 242 g/mol. The van der Waals surface area contributed by atoms with E-state index in [0.29, 0.717) is 12.5 Å². The Hall–Kier alpha value is -1.10. The Labute approximate surface area is 115 Å². The number of rotatable bonds is 4. The number of amides is 2. The highest BCUT2D eigenvalue weighted by molar-refractivity contribution is 5.79. The van der Waals surface area contributed by atoms with Crippen molar-refractivity contribution in [1.82, 2.24) is 15.1 Å². The molecule has 2 fully saturated rings. The molecule has 0 aromatic heterocycles. The summed E-state index contributed by atoms with van der Waals surface area (Å²) in [6, 6.07) is 0.270. The normalized spacial score (nSPS) is 24.6. The van der Waals surface area contributed by atoms with E-state index >= 15 is 0 Å². The van der Waals surface area contributed by atoms with Crippen LogP contribution < -0.4 is 5.32 Å². The molecule has 1 unspecified atom stereocenters. The van der Waals surface area contributed by atoms with Crippen molar-refractivity contribution in [3.8, 4) is 0 Å². The van der Waals surface area contributed by atoms with Crippen LogP contribution in [-0.2, 0) is 9.59 Å². The summed E-state index contributed by atoms with van der Waals surface area (Å²) in [6.45, 7) is 2.22. The molecule has 19 heavy (non-hydrogen) atoms. The fourth-order valence-corrected chi connectivity index (χ4v) is 2.90. The SMILES string of the molecule is CNC(=O)CN1CCCC(N(C)C(=O)C2CCC2)C1. The molecule has 0 radical (unpaired) electrons. The first-order valence-corrected chi connectivity index (χ1v) is 7.31. The van der Waals surface area contributed by atoms with Gasteiger partial charge in [-0.1, -0.05) is 6.42 Å². The van der Waals surface area contributed by atoms with Crippen LogP contribution in [0.1, 0.15) is 32.1 Å². The van der Waals surface area contributed by atoms with Crippen LogP contribution in [0.3, 0.4) is 0 Å². The first-order chi connectivity index (χ1) is 9.11. The van der Waals surface area contributed by atoms with Gasteiger partial charge in [-0.15, -0.1) is 0 Å². The topological polar surface area (TPSA) is 52.7 Å². The smallest absolute Gasteiger partial charge is 0.233 e. The lowest BCUT2D eigenvalue weighted by Gasteiger charge is -2.39. The van der Waals surface area contributed by atoms with E-state index in [-0.39, 0.29) is 17.9 Å². The second kappa shape index (κ2) is 6.37. The van der Waals surface area contributed by atoms with Gasteiger partial charge in [0.05, 0.1) is 6.54 Å². The highest BCUT2D eigenvalue weighted by Crippen LogP contribution is 2.29. The molecule has 5 nitrogen and oxygen atoms in total. The fraction of sp³-hybridized carbons (Fsp3) is 0.857. The molecular formula is C14H25N3O2. The second-order valence-electron chi connectivity index (χ2n) is 5.78. The maximum atomic E-state index is 12.2. The number of carbonyl (C=O) groups is 2. The van der Waals surface area contributed by atoms with Gasteiger partial charge in [-0.3, -0.25) is 14.5 Å². The van der Waals surface area contributed by atoms with Gasteiger partial charge in [0.2, 0.25) is 11.8 Å². The van der Waals surface area contributed by atoms with Crippen LogP contribution in [0, 0.1) is 5.92 Å². The van der Waals surface area contributed by atoms with E-state index < -0.39 is 0 Å². The summed E-state index contributed by atoms with van der Waals surface area (Å²) in [5.74, 6) is 0.617. The van der Waals surface area contributed by atoms with Gasteiger partial charge in [0.15, 0.2) is 0 Å². The zero-order valence-electron chi connectivity index (χ0n) is 12.0. The Kier molecular flexibility index (Phi) is 4.80. The lowest BCUT2D eigenvalue weighted by Crippen LogP contribution is -2.52. The van der Waals surface area contributed by atoms with Gasteiger partial charge in [0.1, 0.15) is 0 Å². The highest BCUT2D eigenvalue weighted by Gasteiger charge is 2.33. The molecule has 0 aromatic carbocycles. The quantitative estimate of drug-likeness (QED) is 0.805. The zero-order valence-corrected chi connectivity index (χ0v) is 12.0. The van der Waals surface area contributed by atoms with Crippen molar-refractivity contribution < 1.29 is 9.59 Å². The lowest BCUT2D eigenvalue weighted by atomic mass is 9.84. The average molecular weight is 267 g/mol. The maximum Gasteiger partial charge on any atom is 0.233 e. The fourth-order valence-electron chi connectivity index (χ4n) is 2.90. The van der Waals surface area contributed by atoms with Gasteiger partial charge < -0.3 is 10.2 Å². The molecule has 0 spiro atoms. The van der Waals surface area contributed by atoms with Crippen molar-refractivity contribution in [3.05, 3.63) is 0 Å². The summed E-state index contributed by atoms with van der Waals surface area (Å²) in [4.78, 5) is 27.7. The minimum atomic E-state index is 0.0497. The number of likely N-dealkylation sites (N-methyl/N-ethyl adjacent to an activating group) is 2. The average Bonchev–Trinajstić information content (AvgIpc) is 2.36. The van der Waals surface area contributed by atoms with E-state index in [1.165, 1.54) is 6.42 Å². The summed E-state index contributed by atoms with van der Waals surface area (Å²) in [5, 5.41) is 2.65. The summed E-state index contributed by atoms with van der Waals surface area (Å²) in [5.41, 5.74) is 0. The second-order valence-corrected chi connectivity index (χ2v) is 5.78. The number of hydrogen-bond acceptors (Lipinski definition) is 3. The van der Waals surface area contributed by atoms with Gasteiger partial charge in [-0.2, -0.15) is 0 Å². The molecule has 1 atom stereocenters. The van der Waals surface area contributed by atoms with Gasteiger partial charge in [-0.05, 0) is 32.2 Å². The monoisotopic (exact) mass is 267 g/mol. The maximum absolute atomic E-state index is 12.2. The summed E-state index contributed by atoms with van der Waals surface area (Å²) in [7, 11) is 3.59. The molecule has 0 aromatic rings. The van der Waals surface area contributed by atoms with Crippen LogP contribution in [-0.4, -0.2) is 61.4 Å². The van der Waals surface area contributed by atoms with E-state index in [4.69, 9.17) is 0 Å². The molecule has 1 saturated carbocycles. The first-order valence-electron chi connectivity index (χ1n) is 7.31. The third kappa shape index (κ3) is 3.47. The Morgan fingerprint density at radius 3 is 2.58 bits per heavy atom. The van der Waals surface area contributed by atoms with Gasteiger partial charge in [0, 0.05) is 32.6 Å². The molecule has 2 aliphatic rings. The third-order valence-electron chi connectivity index (χ3n) is 4.48. The van der Waals surface area contributed by atoms with Crippen LogP contribution in [0.4, 0.5) is 0 Å². The van der Waals surface area contributed by atoms with Crippen molar-refractivity contribution in [2.75, 3.05) is 33.7 Å². The predicted octanol–water partition coefficient (Wildman–Crippen LogP) is 0.455. The molecule has 1 saturated heterocycles. The minimum absolute atomic E-state index is 0.0497. The van der Waals surface area contributed by atoms with Gasteiger partial charge in [0.25, 0.3) is 0 Å². The van der Waals surface area contributed by atoms with Gasteiger partial charge >= 0.3 is 0 Å². The molecule has 1 N–H and O–H groups in total. The molecule has 2 amide bonds. The summed E-state index contributed by atoms with van der Waals surface area (Å²) in [6.07, 6.45) is 5.41. The number of nitrogens with zero attached hydrogens (tertiary/aromatic N) is 2. The van der Waals surface area contributed by atoms with E-state index in [1.54, 1.807) is 7.05 Å². The van der Waals surface area contributed by atoms with Crippen LogP contribution in [0.2, 0.25) is 0 Å². The molecule has 1 heterocycles. The van der Waals surface area contributed by atoms with E-state index in [1.807, 2.05) is 11.9 Å². The Morgan fingerprint density at radius 2 is 2.00 bits per heavy atom. The van der Waals surface area contributed by atoms with E-state index in [9.17, 15) is 9.59 Å². The molecule has 2 rings (SSSR count). The van der Waals surface area contributed by atoms with E-state index in [2.05, 4.69) is 10.2 Å². The zero-order chi connectivity index (χ0) is 13.8. The molecule has 108 valence electrons. The predicted molar refractivity (Wildman–Crippen MR) is 73.6 cm³/mol. The standard InChI is InChI=1S/C14H25N3O2/c1-15-13(18)10-17-8-4-7-12(9-17)16(2)14(19)11-5-3-6-11/h11-12H,3-10H2,1-2H3,(H,15,18). The van der Waals surface area contributed by atoms with Crippen molar-refractivity contribution in [3.63, 3.8) is 0 Å². The van der Waals surface area contributed by atoms with Crippen LogP contribution in [0.25, 0.3) is 0 Å². The summed E-state index contributed by atoms with van der Waals surface area (Å²) >= 11 is 0. The number of likely N-dealkylation sites (tertiary alicyclic amines) is 1. The first kappa shape index (κ1) is 14.3. The Balaban J connectivity index is 1.85. The van der Waals surface area contributed by atoms with Crippen LogP contribution in [0.5, 0.6) is 0 Å². The van der Waals surface area contributed by atoms with Gasteiger partial charge in [-0.25, -0.2) is 0 Å². The molecule has 0 bridgehead atoms. The van der Waals surface area contributed by atoms with Crippen molar-refractivity contribution >= 4 is 11.8 Å². The van der Waals surface area contributed by atoms with Crippen LogP contribution >= 0.6 is 0 Å². The van der Waals surface area contributed by atoms with Crippen molar-refractivity contribution in [1.29, 1.82) is 0 Å². The number of hydrogen-bond donors (Lipinski definition) is 1. The van der Waals surface area contributed by atoms with Crippen molar-refractivity contribution in [2.24, 2.45) is 5.92 Å². The molecule has 1 aliphatic heterocycles. The van der Waals surface area contributed by atoms with Crippen molar-refractivity contribution in [2.45, 2.75) is 38.1 Å². The number of piperidine rings is 1. The third-order valence-corrected chi connectivity index (χ3v) is 4.48. The number of nitrogens with one attached hydrogen (secondary N) is 1. The Bertz CT molecular complexity index is 342. The molecule has 1 aliphatic carbocycles. The number of carbonyl (C=O) groups excluding carboxylic acids is 2.